The van der Waals surface area contributed by atoms with Crippen molar-refractivity contribution in [1.82, 2.24) is 0 Å². The largest absolute Gasteiger partial charge is 0.454 e. The number of carbonyl (C=O) groups is 2. The van der Waals surface area contributed by atoms with Crippen LogP contribution >= 0.6 is 39.1 Å². The van der Waals surface area contributed by atoms with Crippen LogP contribution in [0.25, 0.3) is 0 Å². The summed E-state index contributed by atoms with van der Waals surface area (Å²) in [5, 5.41) is 0.659. The van der Waals surface area contributed by atoms with E-state index in [0.717, 1.165) is 0 Å². The molecule has 6 heteroatoms. The minimum absolute atomic E-state index is 0.226. The predicted molar refractivity (Wildman–Crippen MR) is 85.2 cm³/mol. The Morgan fingerprint density at radius 2 is 1.76 bits per heavy atom. The molecule has 0 spiro atoms. The third-order valence-corrected chi connectivity index (χ3v) is 3.90. The summed E-state index contributed by atoms with van der Waals surface area (Å²) in [5.74, 6) is -0.974. The molecule has 0 saturated heterocycles. The van der Waals surface area contributed by atoms with Gasteiger partial charge in [0.05, 0.1) is 10.6 Å². The fraction of sp³-hybridized carbons (Fsp3) is 0.0667. The number of halogens is 3. The van der Waals surface area contributed by atoms with E-state index in [2.05, 4.69) is 15.9 Å². The van der Waals surface area contributed by atoms with Crippen LogP contribution in [0.2, 0.25) is 10.0 Å². The van der Waals surface area contributed by atoms with E-state index in [-0.39, 0.29) is 17.2 Å². The van der Waals surface area contributed by atoms with E-state index >= 15 is 0 Å². The molecule has 0 atom stereocenters. The Morgan fingerprint density at radius 1 is 1.05 bits per heavy atom. The lowest BCUT2D eigenvalue weighted by atomic mass is 10.1. The minimum atomic E-state index is -0.582. The molecule has 0 aliphatic carbocycles. The first-order valence-electron chi connectivity index (χ1n) is 5.89. The Balaban J connectivity index is 2.04. The molecular weight excluding hydrogens is 379 g/mol. The highest BCUT2D eigenvalue weighted by Gasteiger charge is 2.15. The molecule has 0 radical (unpaired) electrons. The highest BCUT2D eigenvalue weighted by atomic mass is 79.9. The average molecular weight is 388 g/mol. The van der Waals surface area contributed by atoms with Gasteiger partial charge in [-0.1, -0.05) is 35.3 Å². The third kappa shape index (κ3) is 4.06. The second-order valence-electron chi connectivity index (χ2n) is 4.10. The molecule has 0 aliphatic heterocycles. The fourth-order valence-electron chi connectivity index (χ4n) is 1.63. The highest BCUT2D eigenvalue weighted by Crippen LogP contribution is 2.22. The molecule has 0 aliphatic rings. The zero-order valence-electron chi connectivity index (χ0n) is 10.6. The zero-order valence-corrected chi connectivity index (χ0v) is 13.7. The lowest BCUT2D eigenvalue weighted by Gasteiger charge is -2.07. The minimum Gasteiger partial charge on any atom is -0.454 e. The summed E-state index contributed by atoms with van der Waals surface area (Å²) < 4.78 is 5.60. The molecule has 0 heterocycles. The quantitative estimate of drug-likeness (QED) is 0.559. The number of Topliss-reactive ketones (excluding diaryl/α,β-unsaturated/α-hetero) is 1. The second kappa shape index (κ2) is 7.07. The van der Waals surface area contributed by atoms with Crippen LogP contribution in [0, 0.1) is 0 Å². The lowest BCUT2D eigenvalue weighted by molar-refractivity contribution is 0.0474. The van der Waals surface area contributed by atoms with Gasteiger partial charge < -0.3 is 4.74 Å². The van der Waals surface area contributed by atoms with Crippen LogP contribution in [-0.4, -0.2) is 18.4 Å². The molecule has 2 aromatic carbocycles. The maximum atomic E-state index is 12.0. The predicted octanol–water partition coefficient (Wildman–Crippen LogP) is 4.80. The number of esters is 1. The molecule has 0 unspecified atom stereocenters. The van der Waals surface area contributed by atoms with Crippen LogP contribution in [0.1, 0.15) is 20.7 Å². The average Bonchev–Trinajstić information content (AvgIpc) is 2.45. The number of ether oxygens (including phenoxy) is 1. The van der Waals surface area contributed by atoms with Gasteiger partial charge in [0, 0.05) is 15.1 Å². The van der Waals surface area contributed by atoms with Crippen LogP contribution in [-0.2, 0) is 4.74 Å². The fourth-order valence-corrected chi connectivity index (χ4v) is 2.59. The van der Waals surface area contributed by atoms with Gasteiger partial charge in [-0.05, 0) is 46.3 Å². The topological polar surface area (TPSA) is 43.4 Å². The van der Waals surface area contributed by atoms with Gasteiger partial charge in [-0.25, -0.2) is 4.79 Å². The van der Waals surface area contributed by atoms with Gasteiger partial charge in [-0.3, -0.25) is 4.79 Å². The molecule has 0 fully saturated rings. The van der Waals surface area contributed by atoms with Gasteiger partial charge >= 0.3 is 5.97 Å². The van der Waals surface area contributed by atoms with Gasteiger partial charge in [0.25, 0.3) is 0 Å². The first-order valence-corrected chi connectivity index (χ1v) is 7.44. The monoisotopic (exact) mass is 386 g/mol. The van der Waals surface area contributed by atoms with E-state index in [1.165, 1.54) is 12.1 Å². The van der Waals surface area contributed by atoms with E-state index in [9.17, 15) is 9.59 Å². The number of ketones is 1. The Bertz CT molecular complexity index is 701. The van der Waals surface area contributed by atoms with Crippen molar-refractivity contribution in [3.05, 3.63) is 68.1 Å². The normalized spacial score (nSPS) is 10.2. The van der Waals surface area contributed by atoms with Crippen LogP contribution in [0.3, 0.4) is 0 Å². The molecule has 0 amide bonds. The van der Waals surface area contributed by atoms with Gasteiger partial charge in [0.2, 0.25) is 5.78 Å². The summed E-state index contributed by atoms with van der Waals surface area (Å²) in [6.07, 6.45) is 0. The van der Waals surface area contributed by atoms with Crippen LogP contribution in [0.4, 0.5) is 0 Å². The Hall–Kier alpha value is -1.36. The van der Waals surface area contributed by atoms with E-state index in [1.807, 2.05) is 0 Å². The van der Waals surface area contributed by atoms with E-state index in [1.54, 1.807) is 30.3 Å². The van der Waals surface area contributed by atoms with Gasteiger partial charge in [-0.2, -0.15) is 0 Å². The van der Waals surface area contributed by atoms with Crippen molar-refractivity contribution in [2.45, 2.75) is 0 Å². The first-order chi connectivity index (χ1) is 9.99. The first kappa shape index (κ1) is 16.0. The lowest BCUT2D eigenvalue weighted by Crippen LogP contribution is -2.15. The summed E-state index contributed by atoms with van der Waals surface area (Å²) in [5.41, 5.74) is 0.619. The molecule has 21 heavy (non-hydrogen) atoms. The Labute approximate surface area is 139 Å². The molecule has 2 rings (SSSR count). The summed E-state index contributed by atoms with van der Waals surface area (Å²) in [4.78, 5) is 23.9. The van der Waals surface area contributed by atoms with E-state index in [4.69, 9.17) is 27.9 Å². The standard InChI is InChI=1S/C15H9BrCl2O3/c16-12-4-2-1-3-10(12)15(20)21-8-14(19)11-6-5-9(17)7-13(11)18/h1-7H,8H2. The highest BCUT2D eigenvalue weighted by molar-refractivity contribution is 9.10. The smallest absolute Gasteiger partial charge is 0.339 e. The Morgan fingerprint density at radius 3 is 2.43 bits per heavy atom. The molecular formula is C15H9BrCl2O3. The molecule has 0 aromatic heterocycles. The number of hydrogen-bond donors (Lipinski definition) is 0. The van der Waals surface area contributed by atoms with Crippen LogP contribution in [0.5, 0.6) is 0 Å². The van der Waals surface area contributed by atoms with Gasteiger partial charge in [0.15, 0.2) is 6.61 Å². The second-order valence-corrected chi connectivity index (χ2v) is 5.80. The number of benzene rings is 2. The van der Waals surface area contributed by atoms with Crippen molar-refractivity contribution in [3.63, 3.8) is 0 Å². The van der Waals surface area contributed by atoms with Crippen molar-refractivity contribution in [2.75, 3.05) is 6.61 Å². The van der Waals surface area contributed by atoms with E-state index < -0.39 is 11.8 Å². The van der Waals surface area contributed by atoms with Gasteiger partial charge in [0.1, 0.15) is 0 Å². The SMILES string of the molecule is O=C(COC(=O)c1ccccc1Br)c1ccc(Cl)cc1Cl. The number of rotatable bonds is 4. The zero-order chi connectivity index (χ0) is 15.4. The summed E-state index contributed by atoms with van der Waals surface area (Å²) >= 11 is 14.9. The van der Waals surface area contributed by atoms with Gasteiger partial charge in [-0.15, -0.1) is 0 Å². The van der Waals surface area contributed by atoms with Crippen LogP contribution < -0.4 is 0 Å². The molecule has 0 saturated carbocycles. The van der Waals surface area contributed by atoms with Crippen molar-refractivity contribution < 1.29 is 14.3 Å². The van der Waals surface area contributed by atoms with Crippen molar-refractivity contribution >= 4 is 50.9 Å². The van der Waals surface area contributed by atoms with Crippen molar-refractivity contribution in [2.24, 2.45) is 0 Å². The molecule has 0 N–H and O–H groups in total. The summed E-state index contributed by atoms with van der Waals surface area (Å²) in [6.45, 7) is -0.387. The third-order valence-electron chi connectivity index (χ3n) is 2.66. The van der Waals surface area contributed by atoms with Crippen molar-refractivity contribution in [3.8, 4) is 0 Å². The van der Waals surface area contributed by atoms with E-state index in [0.29, 0.717) is 15.1 Å². The maximum absolute atomic E-state index is 12.0. The van der Waals surface area contributed by atoms with Crippen LogP contribution in [0.15, 0.2) is 46.9 Å². The molecule has 2 aromatic rings. The molecule has 3 nitrogen and oxygen atoms in total. The van der Waals surface area contributed by atoms with Crippen molar-refractivity contribution in [1.29, 1.82) is 0 Å². The molecule has 0 bridgehead atoms. The summed E-state index contributed by atoms with van der Waals surface area (Å²) in [7, 11) is 0. The maximum Gasteiger partial charge on any atom is 0.339 e. The number of carbonyl (C=O) groups excluding carboxylic acids is 2. The molecule has 108 valence electrons. The Kier molecular flexibility index (Phi) is 5.39. The number of hydrogen-bond acceptors (Lipinski definition) is 3. The summed E-state index contributed by atoms with van der Waals surface area (Å²) in [6, 6.07) is 11.3.